The van der Waals surface area contributed by atoms with Crippen molar-refractivity contribution >= 4 is 28.7 Å². The maximum absolute atomic E-state index is 9.30. The second-order valence-electron chi connectivity index (χ2n) is 4.42. The number of nitrogen functional groups attached to an aromatic ring is 1. The number of fused-ring (bicyclic) bond motifs is 1. The average molecular weight is 292 g/mol. The van der Waals surface area contributed by atoms with Crippen molar-refractivity contribution < 1.29 is 5.11 Å². The van der Waals surface area contributed by atoms with E-state index >= 15 is 0 Å². The zero-order valence-electron chi connectivity index (χ0n) is 10.4. The third kappa shape index (κ3) is 2.03. The number of nitrogens with zero attached hydrogens (tertiary/aromatic N) is 7. The Labute approximate surface area is 117 Å². The summed E-state index contributed by atoms with van der Waals surface area (Å²) in [5.74, 6) is 0.316. The van der Waals surface area contributed by atoms with Crippen molar-refractivity contribution in [3.05, 3.63) is 23.1 Å². The van der Waals surface area contributed by atoms with Crippen molar-refractivity contribution in [1.29, 1.82) is 0 Å². The molecule has 10 heteroatoms. The Hall–Kier alpha value is -2.03. The zero-order chi connectivity index (χ0) is 14.1. The number of thioether (sulfide) groups is 1. The molecule has 0 saturated carbocycles. The second kappa shape index (κ2) is 5.16. The van der Waals surface area contributed by atoms with Gasteiger partial charge in [0.05, 0.1) is 24.3 Å². The van der Waals surface area contributed by atoms with Crippen molar-refractivity contribution in [2.45, 2.75) is 23.1 Å². The van der Waals surface area contributed by atoms with Crippen LogP contribution in [0, 0.1) is 0 Å². The molecule has 0 amide bonds. The van der Waals surface area contributed by atoms with Crippen LogP contribution in [-0.4, -0.2) is 42.5 Å². The van der Waals surface area contributed by atoms with Gasteiger partial charge in [-0.3, -0.25) is 0 Å². The smallest absolute Gasteiger partial charge is 0.166 e. The molecule has 2 aromatic rings. The molecule has 1 aliphatic heterocycles. The second-order valence-corrected chi connectivity index (χ2v) is 5.84. The molecule has 2 aromatic heterocycles. The number of imidazole rings is 1. The van der Waals surface area contributed by atoms with Gasteiger partial charge < -0.3 is 15.4 Å². The number of hydrogen-bond acceptors (Lipinski definition) is 7. The summed E-state index contributed by atoms with van der Waals surface area (Å²) >= 11 is 1.54. The van der Waals surface area contributed by atoms with Gasteiger partial charge in [0.25, 0.3) is 0 Å². The van der Waals surface area contributed by atoms with Crippen LogP contribution < -0.4 is 5.73 Å². The monoisotopic (exact) mass is 292 g/mol. The van der Waals surface area contributed by atoms with E-state index in [1.807, 2.05) is 4.57 Å². The molecule has 0 radical (unpaired) electrons. The average Bonchev–Trinajstić information content (AvgIpc) is 3.03. The Bertz CT molecular complexity index is 681. The molecule has 0 spiro atoms. The SMILES string of the molecule is [N-]=[N+]=N[C@H]1C[C@@H](CO)S[C@H]1n1cnc2c(N)ncnc21. The molecule has 3 rings (SSSR count). The molecular formula is C10H12N8OS. The van der Waals surface area contributed by atoms with Crippen molar-refractivity contribution in [1.82, 2.24) is 19.5 Å². The van der Waals surface area contributed by atoms with Crippen molar-refractivity contribution in [3.63, 3.8) is 0 Å². The van der Waals surface area contributed by atoms with Gasteiger partial charge in [-0.1, -0.05) is 5.11 Å². The molecule has 0 aliphatic carbocycles. The molecule has 3 atom stereocenters. The summed E-state index contributed by atoms with van der Waals surface area (Å²) in [6, 6.07) is -0.254. The summed E-state index contributed by atoms with van der Waals surface area (Å²) in [7, 11) is 0. The van der Waals surface area contributed by atoms with Gasteiger partial charge in [-0.2, -0.15) is 0 Å². The number of aliphatic hydroxyl groups is 1. The summed E-state index contributed by atoms with van der Waals surface area (Å²) in [6.45, 7) is 0.0440. The maximum Gasteiger partial charge on any atom is 0.166 e. The highest BCUT2D eigenvalue weighted by atomic mass is 32.2. The molecule has 0 unspecified atom stereocenters. The Kier molecular flexibility index (Phi) is 3.35. The summed E-state index contributed by atoms with van der Waals surface area (Å²) in [5.41, 5.74) is 15.6. The number of rotatable bonds is 3. The topological polar surface area (TPSA) is 139 Å². The van der Waals surface area contributed by atoms with Crippen LogP contribution in [0.4, 0.5) is 5.82 Å². The van der Waals surface area contributed by atoms with E-state index in [1.165, 1.54) is 6.33 Å². The largest absolute Gasteiger partial charge is 0.395 e. The zero-order valence-corrected chi connectivity index (χ0v) is 11.2. The molecule has 3 heterocycles. The highest BCUT2D eigenvalue weighted by molar-refractivity contribution is 8.00. The van der Waals surface area contributed by atoms with Crippen LogP contribution in [0.5, 0.6) is 0 Å². The Balaban J connectivity index is 2.05. The predicted molar refractivity (Wildman–Crippen MR) is 74.8 cm³/mol. The highest BCUT2D eigenvalue weighted by Crippen LogP contribution is 2.44. The lowest BCUT2D eigenvalue weighted by atomic mass is 10.2. The van der Waals surface area contributed by atoms with E-state index < -0.39 is 0 Å². The third-order valence-corrected chi connectivity index (χ3v) is 4.78. The lowest BCUT2D eigenvalue weighted by molar-refractivity contribution is 0.289. The fraction of sp³-hybridized carbons (Fsp3) is 0.500. The minimum absolute atomic E-state index is 0.0344. The summed E-state index contributed by atoms with van der Waals surface area (Å²) in [6.07, 6.45) is 3.62. The minimum atomic E-state index is -0.254. The number of nitrogens with two attached hydrogens (primary N) is 1. The molecule has 3 N–H and O–H groups in total. The third-order valence-electron chi connectivity index (χ3n) is 3.23. The Morgan fingerprint density at radius 3 is 3.15 bits per heavy atom. The summed E-state index contributed by atoms with van der Waals surface area (Å²) < 4.78 is 1.83. The van der Waals surface area contributed by atoms with E-state index in [1.54, 1.807) is 18.1 Å². The van der Waals surface area contributed by atoms with Crippen LogP contribution in [0.2, 0.25) is 0 Å². The first-order valence-corrected chi connectivity index (χ1v) is 6.92. The molecule has 1 aliphatic rings. The highest BCUT2D eigenvalue weighted by Gasteiger charge is 2.36. The van der Waals surface area contributed by atoms with Crippen LogP contribution in [0.15, 0.2) is 17.8 Å². The van der Waals surface area contributed by atoms with E-state index in [2.05, 4.69) is 25.0 Å². The van der Waals surface area contributed by atoms with Crippen molar-refractivity contribution in [2.75, 3.05) is 12.3 Å². The van der Waals surface area contributed by atoms with Crippen LogP contribution in [0.1, 0.15) is 11.8 Å². The van der Waals surface area contributed by atoms with Gasteiger partial charge in [0.2, 0.25) is 0 Å². The molecule has 1 saturated heterocycles. The van der Waals surface area contributed by atoms with E-state index in [-0.39, 0.29) is 23.3 Å². The molecule has 9 nitrogen and oxygen atoms in total. The van der Waals surface area contributed by atoms with Gasteiger partial charge >= 0.3 is 0 Å². The maximum atomic E-state index is 9.30. The van der Waals surface area contributed by atoms with Crippen molar-refractivity contribution in [3.8, 4) is 0 Å². The molecule has 104 valence electrons. The predicted octanol–water partition coefficient (Wildman–Crippen LogP) is 1.08. The fourth-order valence-corrected chi connectivity index (χ4v) is 3.75. The van der Waals surface area contributed by atoms with Gasteiger partial charge in [-0.25, -0.2) is 15.0 Å². The molecular weight excluding hydrogens is 280 g/mol. The van der Waals surface area contributed by atoms with Gasteiger partial charge in [0.1, 0.15) is 11.8 Å². The first-order valence-electron chi connectivity index (χ1n) is 5.98. The van der Waals surface area contributed by atoms with Crippen LogP contribution in [0.3, 0.4) is 0 Å². The summed E-state index contributed by atoms with van der Waals surface area (Å²) in [5, 5.41) is 13.0. The van der Waals surface area contributed by atoms with Gasteiger partial charge in [-0.15, -0.1) is 11.8 Å². The van der Waals surface area contributed by atoms with Gasteiger partial charge in [-0.05, 0) is 12.0 Å². The standard InChI is InChI=1S/C10H12N8OS/c11-8-7-9(14-3-13-8)18(4-15-7)10-6(16-17-12)1-5(2-19)20-10/h3-6,10,19H,1-2H2,(H2,11,13,14)/t5-,6-,10+/m0/s1. The minimum Gasteiger partial charge on any atom is -0.395 e. The number of aromatic nitrogens is 4. The molecule has 0 aromatic carbocycles. The van der Waals surface area contributed by atoms with Crippen LogP contribution in [0.25, 0.3) is 21.6 Å². The van der Waals surface area contributed by atoms with Crippen molar-refractivity contribution in [2.24, 2.45) is 5.11 Å². The van der Waals surface area contributed by atoms with E-state index in [0.29, 0.717) is 23.4 Å². The first-order chi connectivity index (χ1) is 9.74. The summed E-state index contributed by atoms with van der Waals surface area (Å²) in [4.78, 5) is 15.2. The van der Waals surface area contributed by atoms with E-state index in [0.717, 1.165) is 0 Å². The first kappa shape index (κ1) is 13.0. The molecule has 1 fully saturated rings. The molecule has 0 bridgehead atoms. The Morgan fingerprint density at radius 1 is 1.55 bits per heavy atom. The number of anilines is 1. The molecule has 20 heavy (non-hydrogen) atoms. The van der Waals surface area contributed by atoms with Crippen LogP contribution >= 0.6 is 11.8 Å². The number of aliphatic hydroxyl groups excluding tert-OH is 1. The van der Waals surface area contributed by atoms with Crippen LogP contribution in [-0.2, 0) is 0 Å². The van der Waals surface area contributed by atoms with E-state index in [4.69, 9.17) is 11.3 Å². The lowest BCUT2D eigenvalue weighted by Gasteiger charge is -2.16. The van der Waals surface area contributed by atoms with Gasteiger partial charge in [0, 0.05) is 10.2 Å². The normalized spacial score (nSPS) is 25.8. The van der Waals surface area contributed by atoms with Gasteiger partial charge in [0.15, 0.2) is 11.5 Å². The quantitative estimate of drug-likeness (QED) is 0.493. The fourth-order valence-electron chi connectivity index (χ4n) is 2.32. The lowest BCUT2D eigenvalue weighted by Crippen LogP contribution is -2.14. The number of azide groups is 1. The Morgan fingerprint density at radius 2 is 2.40 bits per heavy atom. The van der Waals surface area contributed by atoms with E-state index in [9.17, 15) is 5.11 Å². The number of hydrogen-bond donors (Lipinski definition) is 2.